The first-order valence-electron chi connectivity index (χ1n) is 11.7. The number of rotatable bonds is 4. The summed E-state index contributed by atoms with van der Waals surface area (Å²) in [6.45, 7) is 7.42. The monoisotopic (exact) mass is 462 g/mol. The highest BCUT2D eigenvalue weighted by atomic mass is 19.4. The van der Waals surface area contributed by atoms with Crippen molar-refractivity contribution in [3.63, 3.8) is 0 Å². The van der Waals surface area contributed by atoms with Gasteiger partial charge in [-0.2, -0.15) is 13.2 Å². The Morgan fingerprint density at radius 1 is 1.06 bits per heavy atom. The zero-order valence-corrected chi connectivity index (χ0v) is 18.7. The summed E-state index contributed by atoms with van der Waals surface area (Å²) in [6.07, 6.45) is -3.00. The number of aliphatic hydroxyl groups is 1. The summed E-state index contributed by atoms with van der Waals surface area (Å²) >= 11 is 0. The highest BCUT2D eigenvalue weighted by molar-refractivity contribution is 5.29. The van der Waals surface area contributed by atoms with Crippen LogP contribution >= 0.6 is 0 Å². The number of allylic oxidation sites excluding steroid dienone is 1. The summed E-state index contributed by atoms with van der Waals surface area (Å²) in [6, 6.07) is 0. The van der Waals surface area contributed by atoms with E-state index in [1.165, 1.54) is 0 Å². The molecule has 0 radical (unpaired) electrons. The maximum Gasteiger partial charge on any atom is 0.449 e. The zero-order valence-electron chi connectivity index (χ0n) is 18.7. The number of β-amino-alcohol motifs (C(OH)–C–C–N with tert-alkyl or cyclic N) is 1. The Morgan fingerprint density at radius 3 is 2.47 bits per heavy atom. The normalized spacial score (nSPS) is 43.1. The number of alkyl halides is 3. The van der Waals surface area contributed by atoms with E-state index in [0.29, 0.717) is 32.5 Å². The van der Waals surface area contributed by atoms with E-state index < -0.39 is 35.5 Å². The largest absolute Gasteiger partial charge is 0.456 e. The van der Waals surface area contributed by atoms with Crippen LogP contribution in [0, 0.1) is 17.8 Å². The molecular weight excluding hydrogens is 429 g/mol. The Kier molecular flexibility index (Phi) is 5.78. The standard InChI is InChI=1S/C22H33F3N2O5/c1-14-3-4-17-15(13-27-9-7-26(8-10-27)11-12-28)18(22(23,24)25)29-19-21(17)16(14)5-6-20(2,30-19)31-32-21/h14,16-17,19,28H,3-13H2,1-2H3/t14-,16+,17+,19-,20?,21?/m1/s1. The van der Waals surface area contributed by atoms with Gasteiger partial charge in [-0.15, -0.1) is 0 Å². The average Bonchev–Trinajstić information content (AvgIpc) is 2.97. The molecule has 4 saturated heterocycles. The Morgan fingerprint density at radius 2 is 1.78 bits per heavy atom. The van der Waals surface area contributed by atoms with E-state index in [9.17, 15) is 13.2 Å². The van der Waals surface area contributed by atoms with Crippen molar-refractivity contribution in [3.05, 3.63) is 11.3 Å². The molecule has 7 nitrogen and oxygen atoms in total. The second kappa shape index (κ2) is 8.09. The van der Waals surface area contributed by atoms with Crippen molar-refractivity contribution in [1.82, 2.24) is 9.80 Å². The Bertz CT molecular complexity index is 756. The van der Waals surface area contributed by atoms with E-state index >= 15 is 0 Å². The lowest BCUT2D eigenvalue weighted by atomic mass is 9.59. The van der Waals surface area contributed by atoms with Gasteiger partial charge in [-0.25, -0.2) is 9.78 Å². The van der Waals surface area contributed by atoms with Crippen molar-refractivity contribution >= 4 is 0 Å². The summed E-state index contributed by atoms with van der Waals surface area (Å²) in [5.74, 6) is -2.21. The van der Waals surface area contributed by atoms with Crippen LogP contribution in [0.4, 0.5) is 13.2 Å². The molecule has 182 valence electrons. The van der Waals surface area contributed by atoms with Gasteiger partial charge < -0.3 is 14.6 Å². The molecule has 2 unspecified atom stereocenters. The highest BCUT2D eigenvalue weighted by Crippen LogP contribution is 2.61. The van der Waals surface area contributed by atoms with E-state index in [4.69, 9.17) is 24.4 Å². The van der Waals surface area contributed by atoms with Gasteiger partial charge in [0.05, 0.1) is 6.61 Å². The summed E-state index contributed by atoms with van der Waals surface area (Å²) < 4.78 is 54.4. The number of hydrogen-bond acceptors (Lipinski definition) is 7. The van der Waals surface area contributed by atoms with Crippen molar-refractivity contribution in [1.29, 1.82) is 0 Å². The SMILES string of the molecule is C[C@@H]1CC[C@H]2C(CN3CCN(CCO)CC3)=C(C(F)(F)F)O[C@@H]3OC4(C)CC[C@@H]1C32OO4. The third-order valence-corrected chi connectivity index (χ3v) is 8.19. The quantitative estimate of drug-likeness (QED) is 0.645. The molecule has 0 amide bonds. The fourth-order valence-corrected chi connectivity index (χ4v) is 6.47. The van der Waals surface area contributed by atoms with Gasteiger partial charge in [-0.3, -0.25) is 9.80 Å². The third kappa shape index (κ3) is 3.67. The number of hydrogen-bond donors (Lipinski definition) is 1. The first-order chi connectivity index (χ1) is 15.2. The predicted molar refractivity (Wildman–Crippen MR) is 107 cm³/mol. The molecule has 32 heavy (non-hydrogen) atoms. The smallest absolute Gasteiger partial charge is 0.449 e. The van der Waals surface area contributed by atoms with Crippen LogP contribution in [-0.2, 0) is 19.2 Å². The molecule has 2 bridgehead atoms. The van der Waals surface area contributed by atoms with Gasteiger partial charge in [0, 0.05) is 57.5 Å². The van der Waals surface area contributed by atoms with Gasteiger partial charge in [0.15, 0.2) is 5.60 Å². The lowest BCUT2D eigenvalue weighted by Gasteiger charge is -2.57. The molecule has 1 saturated carbocycles. The lowest BCUT2D eigenvalue weighted by molar-refractivity contribution is -0.557. The number of piperazine rings is 1. The molecule has 6 rings (SSSR count). The number of halogens is 3. The zero-order chi connectivity index (χ0) is 22.7. The van der Waals surface area contributed by atoms with Crippen molar-refractivity contribution in [2.24, 2.45) is 17.8 Å². The Labute approximate surface area is 186 Å². The second-order valence-corrected chi connectivity index (χ2v) is 10.2. The van der Waals surface area contributed by atoms with Crippen LogP contribution in [0.25, 0.3) is 0 Å². The van der Waals surface area contributed by atoms with Crippen LogP contribution in [0.1, 0.15) is 39.5 Å². The summed E-state index contributed by atoms with van der Waals surface area (Å²) in [5.41, 5.74) is -0.796. The molecule has 0 aromatic carbocycles. The molecule has 5 aliphatic heterocycles. The van der Waals surface area contributed by atoms with Crippen LogP contribution in [0.3, 0.4) is 0 Å². The van der Waals surface area contributed by atoms with Gasteiger partial charge in [0.25, 0.3) is 0 Å². The van der Waals surface area contributed by atoms with Crippen LogP contribution in [0.15, 0.2) is 11.3 Å². The van der Waals surface area contributed by atoms with Crippen LogP contribution in [0.5, 0.6) is 0 Å². The molecule has 1 spiro atoms. The van der Waals surface area contributed by atoms with E-state index in [1.54, 1.807) is 6.92 Å². The van der Waals surface area contributed by atoms with Gasteiger partial charge in [-0.1, -0.05) is 6.92 Å². The minimum atomic E-state index is -4.61. The first kappa shape index (κ1) is 22.9. The number of ether oxygens (including phenoxy) is 2. The second-order valence-electron chi connectivity index (χ2n) is 10.2. The van der Waals surface area contributed by atoms with Crippen molar-refractivity contribution in [2.75, 3.05) is 45.9 Å². The molecule has 5 heterocycles. The third-order valence-electron chi connectivity index (χ3n) is 8.19. The van der Waals surface area contributed by atoms with E-state index in [-0.39, 0.29) is 30.6 Å². The average molecular weight is 463 g/mol. The van der Waals surface area contributed by atoms with Gasteiger partial charge >= 0.3 is 6.18 Å². The molecular formula is C22H33F3N2O5. The van der Waals surface area contributed by atoms with Crippen LogP contribution in [-0.4, -0.2) is 84.6 Å². The van der Waals surface area contributed by atoms with E-state index in [0.717, 1.165) is 25.9 Å². The van der Waals surface area contributed by atoms with Gasteiger partial charge in [0.1, 0.15) is 0 Å². The molecule has 0 aromatic heterocycles. The highest BCUT2D eigenvalue weighted by Gasteiger charge is 2.70. The van der Waals surface area contributed by atoms with Crippen LogP contribution in [0.2, 0.25) is 0 Å². The Hall–Kier alpha value is -0.910. The van der Waals surface area contributed by atoms with E-state index in [1.807, 2.05) is 4.90 Å². The number of fused-ring (bicyclic) bond motifs is 2. The van der Waals surface area contributed by atoms with Crippen molar-refractivity contribution in [3.8, 4) is 0 Å². The Balaban J connectivity index is 1.50. The molecule has 1 aliphatic carbocycles. The van der Waals surface area contributed by atoms with E-state index in [2.05, 4.69) is 11.8 Å². The van der Waals surface area contributed by atoms with Gasteiger partial charge in [0.2, 0.25) is 17.8 Å². The molecule has 6 atom stereocenters. The molecule has 5 fully saturated rings. The maximum atomic E-state index is 14.2. The lowest BCUT2D eigenvalue weighted by Crippen LogP contribution is -2.68. The topological polar surface area (TPSA) is 63.6 Å². The van der Waals surface area contributed by atoms with Crippen LogP contribution < -0.4 is 0 Å². The minimum Gasteiger partial charge on any atom is -0.456 e. The first-order valence-corrected chi connectivity index (χ1v) is 11.7. The fraction of sp³-hybridized carbons (Fsp3) is 0.909. The summed E-state index contributed by atoms with van der Waals surface area (Å²) in [5, 5.41) is 9.16. The number of aliphatic hydroxyl groups excluding tert-OH is 1. The maximum absolute atomic E-state index is 14.2. The molecule has 10 heteroatoms. The molecule has 1 N–H and O–H groups in total. The van der Waals surface area contributed by atoms with Gasteiger partial charge in [-0.05, 0) is 37.7 Å². The predicted octanol–water partition coefficient (Wildman–Crippen LogP) is 2.66. The summed E-state index contributed by atoms with van der Waals surface area (Å²) in [4.78, 5) is 15.9. The minimum absolute atomic E-state index is 0.00163. The molecule has 6 aliphatic rings. The van der Waals surface area contributed by atoms with Crippen molar-refractivity contribution < 1.29 is 37.5 Å². The number of nitrogens with zero attached hydrogens (tertiary/aromatic N) is 2. The summed E-state index contributed by atoms with van der Waals surface area (Å²) in [7, 11) is 0. The molecule has 0 aromatic rings. The fourth-order valence-electron chi connectivity index (χ4n) is 6.47. The van der Waals surface area contributed by atoms with Crippen molar-refractivity contribution in [2.45, 2.75) is 63.4 Å².